The minimum Gasteiger partial charge on any atom is -0.379 e. The Balaban J connectivity index is 0.00000261. The fourth-order valence-corrected chi connectivity index (χ4v) is 3.46. The van der Waals surface area contributed by atoms with Crippen LogP contribution in [0.15, 0.2) is 60.7 Å². The number of nitrogens with zero attached hydrogens (tertiary/aromatic N) is 1. The predicted octanol–water partition coefficient (Wildman–Crippen LogP) is 5.11. The second-order valence-corrected chi connectivity index (χ2v) is 6.94. The first kappa shape index (κ1) is 21.9. The number of ether oxygens (including phenoxy) is 2. The molecular formula is C23H32ClNO2. The van der Waals surface area contributed by atoms with Gasteiger partial charge in [0.1, 0.15) is 6.10 Å². The minimum absolute atomic E-state index is 0. The Morgan fingerprint density at radius 1 is 0.778 bits per heavy atom. The molecule has 27 heavy (non-hydrogen) atoms. The van der Waals surface area contributed by atoms with Gasteiger partial charge in [0.2, 0.25) is 0 Å². The number of hydrogen-bond donors (Lipinski definition) is 0. The molecule has 2 aromatic rings. The maximum atomic E-state index is 6.28. The highest BCUT2D eigenvalue weighted by atomic mass is 35.5. The Morgan fingerprint density at radius 2 is 1.33 bits per heavy atom. The van der Waals surface area contributed by atoms with Gasteiger partial charge in [0.05, 0.1) is 13.2 Å². The summed E-state index contributed by atoms with van der Waals surface area (Å²) in [6.07, 6.45) is 4.95. The maximum Gasteiger partial charge on any atom is 0.108 e. The van der Waals surface area contributed by atoms with Crippen LogP contribution in [0.2, 0.25) is 0 Å². The Morgan fingerprint density at radius 3 is 1.93 bits per heavy atom. The summed E-state index contributed by atoms with van der Waals surface area (Å²) in [5, 5.41) is 0. The number of unbranched alkanes of at least 4 members (excludes halogenated alkanes) is 3. The lowest BCUT2D eigenvalue weighted by atomic mass is 10.0. The Labute approximate surface area is 170 Å². The quantitative estimate of drug-likeness (QED) is 0.527. The summed E-state index contributed by atoms with van der Waals surface area (Å²) < 4.78 is 11.7. The molecule has 3 rings (SSSR count). The molecule has 0 bridgehead atoms. The molecule has 3 nitrogen and oxygen atoms in total. The molecule has 0 radical (unpaired) electrons. The second kappa shape index (κ2) is 12.9. The van der Waals surface area contributed by atoms with Crippen molar-refractivity contribution < 1.29 is 9.47 Å². The number of rotatable bonds is 10. The van der Waals surface area contributed by atoms with Gasteiger partial charge in [0, 0.05) is 19.7 Å². The van der Waals surface area contributed by atoms with Gasteiger partial charge in [-0.05, 0) is 30.5 Å². The SMILES string of the molecule is Cl.c1ccc(C(OCCCCCCN2CCOCC2)c2ccccc2)cc1. The smallest absolute Gasteiger partial charge is 0.108 e. The van der Waals surface area contributed by atoms with Crippen molar-refractivity contribution in [2.75, 3.05) is 39.5 Å². The van der Waals surface area contributed by atoms with E-state index in [1.807, 2.05) is 0 Å². The highest BCUT2D eigenvalue weighted by molar-refractivity contribution is 5.85. The van der Waals surface area contributed by atoms with E-state index in [4.69, 9.17) is 9.47 Å². The lowest BCUT2D eigenvalue weighted by molar-refractivity contribution is 0.0369. The summed E-state index contributed by atoms with van der Waals surface area (Å²) in [6, 6.07) is 21.1. The van der Waals surface area contributed by atoms with Gasteiger partial charge in [-0.3, -0.25) is 4.90 Å². The van der Waals surface area contributed by atoms with Crippen LogP contribution in [0.3, 0.4) is 0 Å². The molecule has 1 aliphatic rings. The summed E-state index contributed by atoms with van der Waals surface area (Å²) in [6.45, 7) is 6.01. The Hall–Kier alpha value is -1.39. The van der Waals surface area contributed by atoms with Gasteiger partial charge in [-0.1, -0.05) is 73.5 Å². The zero-order chi connectivity index (χ0) is 17.9. The van der Waals surface area contributed by atoms with Gasteiger partial charge in [0.15, 0.2) is 0 Å². The van der Waals surface area contributed by atoms with Gasteiger partial charge in [0.25, 0.3) is 0 Å². The van der Waals surface area contributed by atoms with Crippen LogP contribution >= 0.6 is 12.4 Å². The fourth-order valence-electron chi connectivity index (χ4n) is 3.46. The maximum absolute atomic E-state index is 6.28. The normalized spacial score (nSPS) is 14.9. The monoisotopic (exact) mass is 389 g/mol. The van der Waals surface area contributed by atoms with E-state index in [1.54, 1.807) is 0 Å². The van der Waals surface area contributed by atoms with Gasteiger partial charge in [-0.2, -0.15) is 0 Å². The third kappa shape index (κ3) is 7.63. The summed E-state index contributed by atoms with van der Waals surface area (Å²) in [7, 11) is 0. The molecule has 0 amide bonds. The predicted molar refractivity (Wildman–Crippen MR) is 114 cm³/mol. The van der Waals surface area contributed by atoms with Crippen LogP contribution in [0, 0.1) is 0 Å². The molecule has 1 heterocycles. The standard InChI is InChI=1S/C23H31NO2.ClH/c1(9-15-24-16-19-25-20-17-24)2-10-18-26-23(21-11-5-3-6-12-21)22-13-7-4-8-14-22;/h3-8,11-14,23H,1-2,9-10,15-20H2;1H. The number of halogens is 1. The van der Waals surface area contributed by atoms with Crippen LogP contribution in [0.5, 0.6) is 0 Å². The van der Waals surface area contributed by atoms with Gasteiger partial charge < -0.3 is 9.47 Å². The van der Waals surface area contributed by atoms with Crippen LogP contribution in [0.1, 0.15) is 42.9 Å². The Bertz CT molecular complexity index is 563. The molecule has 1 fully saturated rings. The van der Waals surface area contributed by atoms with Gasteiger partial charge in [-0.15, -0.1) is 12.4 Å². The van der Waals surface area contributed by atoms with Crippen molar-refractivity contribution in [1.82, 2.24) is 4.90 Å². The molecule has 0 aliphatic carbocycles. The summed E-state index contributed by atoms with van der Waals surface area (Å²) in [5.41, 5.74) is 2.46. The largest absolute Gasteiger partial charge is 0.379 e. The van der Waals surface area contributed by atoms with Crippen LogP contribution in [0.4, 0.5) is 0 Å². The van der Waals surface area contributed by atoms with E-state index in [2.05, 4.69) is 65.6 Å². The van der Waals surface area contributed by atoms with Crippen molar-refractivity contribution >= 4 is 12.4 Å². The fraction of sp³-hybridized carbons (Fsp3) is 0.478. The van der Waals surface area contributed by atoms with E-state index >= 15 is 0 Å². The first-order valence-corrected chi connectivity index (χ1v) is 9.95. The highest BCUT2D eigenvalue weighted by Crippen LogP contribution is 2.26. The summed E-state index contributed by atoms with van der Waals surface area (Å²) >= 11 is 0. The summed E-state index contributed by atoms with van der Waals surface area (Å²) in [4.78, 5) is 2.51. The van der Waals surface area contributed by atoms with E-state index in [0.29, 0.717) is 0 Å². The van der Waals surface area contributed by atoms with Gasteiger partial charge >= 0.3 is 0 Å². The molecule has 4 heteroatoms. The second-order valence-electron chi connectivity index (χ2n) is 6.94. The van der Waals surface area contributed by atoms with Crippen molar-refractivity contribution in [3.8, 4) is 0 Å². The molecule has 2 aromatic carbocycles. The van der Waals surface area contributed by atoms with Crippen molar-refractivity contribution in [1.29, 1.82) is 0 Å². The molecule has 1 aliphatic heterocycles. The summed E-state index contributed by atoms with van der Waals surface area (Å²) in [5.74, 6) is 0. The molecule has 0 aromatic heterocycles. The molecule has 1 saturated heterocycles. The molecule has 0 saturated carbocycles. The lowest BCUT2D eigenvalue weighted by Gasteiger charge is -2.26. The van der Waals surface area contributed by atoms with Crippen molar-refractivity contribution in [2.45, 2.75) is 31.8 Å². The molecule has 0 unspecified atom stereocenters. The average molecular weight is 390 g/mol. The van der Waals surface area contributed by atoms with Gasteiger partial charge in [-0.25, -0.2) is 0 Å². The lowest BCUT2D eigenvalue weighted by Crippen LogP contribution is -2.36. The topological polar surface area (TPSA) is 21.7 Å². The van der Waals surface area contributed by atoms with E-state index in [-0.39, 0.29) is 18.5 Å². The number of hydrogen-bond acceptors (Lipinski definition) is 3. The highest BCUT2D eigenvalue weighted by Gasteiger charge is 2.14. The molecular weight excluding hydrogens is 358 g/mol. The van der Waals surface area contributed by atoms with Crippen LogP contribution < -0.4 is 0 Å². The van der Waals surface area contributed by atoms with E-state index < -0.39 is 0 Å². The molecule has 0 N–H and O–H groups in total. The van der Waals surface area contributed by atoms with Crippen LogP contribution in [0.25, 0.3) is 0 Å². The molecule has 0 atom stereocenters. The van der Waals surface area contributed by atoms with Crippen molar-refractivity contribution in [3.63, 3.8) is 0 Å². The molecule has 0 spiro atoms. The minimum atomic E-state index is 0. The Kier molecular flexibility index (Phi) is 10.5. The molecule has 148 valence electrons. The zero-order valence-electron chi connectivity index (χ0n) is 16.1. The number of benzene rings is 2. The third-order valence-electron chi connectivity index (χ3n) is 4.96. The first-order valence-electron chi connectivity index (χ1n) is 9.95. The average Bonchev–Trinajstić information content (AvgIpc) is 2.72. The first-order chi connectivity index (χ1) is 12.9. The zero-order valence-corrected chi connectivity index (χ0v) is 16.9. The van der Waals surface area contributed by atoms with Crippen LogP contribution in [-0.4, -0.2) is 44.4 Å². The van der Waals surface area contributed by atoms with E-state index in [9.17, 15) is 0 Å². The van der Waals surface area contributed by atoms with Crippen LogP contribution in [-0.2, 0) is 9.47 Å². The van der Waals surface area contributed by atoms with Crippen molar-refractivity contribution in [2.24, 2.45) is 0 Å². The van der Waals surface area contributed by atoms with E-state index in [1.165, 1.54) is 36.9 Å². The van der Waals surface area contributed by atoms with E-state index in [0.717, 1.165) is 39.3 Å². The third-order valence-corrected chi connectivity index (χ3v) is 4.96. The number of morpholine rings is 1. The van der Waals surface area contributed by atoms with Crippen molar-refractivity contribution in [3.05, 3.63) is 71.8 Å².